The fourth-order valence-corrected chi connectivity index (χ4v) is 11.4. The molecule has 4 aliphatic rings. The number of thiazole rings is 1. The van der Waals surface area contributed by atoms with E-state index in [1.165, 1.54) is 41.3 Å². The molecule has 0 aliphatic heterocycles. The van der Waals surface area contributed by atoms with Crippen LogP contribution in [0.1, 0.15) is 69.2 Å². The van der Waals surface area contributed by atoms with Gasteiger partial charge in [0.2, 0.25) is 0 Å². The molecule has 230 valence electrons. The number of rotatable bonds is 6. The van der Waals surface area contributed by atoms with Crippen LogP contribution in [0.15, 0.2) is 64.5 Å². The number of benzene rings is 2. The van der Waals surface area contributed by atoms with Crippen molar-refractivity contribution < 1.29 is 28.6 Å². The molecular weight excluding hydrogens is 598 g/mol. The molecule has 6 nitrogen and oxygen atoms in total. The number of hydrogen-bond acceptors (Lipinski definition) is 8. The fraction of sp³-hybridized carbons (Fsp3) is 0.486. The van der Waals surface area contributed by atoms with Crippen molar-refractivity contribution >= 4 is 50.9 Å². The van der Waals surface area contributed by atoms with Gasteiger partial charge in [-0.05, 0) is 92.0 Å². The highest BCUT2D eigenvalue weighted by Gasteiger charge is 2.70. The fourth-order valence-electron chi connectivity index (χ4n) is 9.35. The van der Waals surface area contributed by atoms with Crippen molar-refractivity contribution in [3.05, 3.63) is 71.6 Å². The number of esters is 1. The van der Waals surface area contributed by atoms with Gasteiger partial charge in [-0.1, -0.05) is 55.4 Å². The van der Waals surface area contributed by atoms with Crippen LogP contribution < -0.4 is 0 Å². The lowest BCUT2D eigenvalue weighted by Gasteiger charge is -2.60. The van der Waals surface area contributed by atoms with Crippen molar-refractivity contribution in [2.75, 3.05) is 5.75 Å². The van der Waals surface area contributed by atoms with Crippen molar-refractivity contribution in [3.63, 3.8) is 0 Å². The van der Waals surface area contributed by atoms with E-state index in [1.807, 2.05) is 31.2 Å². The molecular formula is C35H36FNO5S2. The number of allylic oxidation sites excluding steroid dienone is 1. The van der Waals surface area contributed by atoms with Crippen LogP contribution in [0.5, 0.6) is 0 Å². The highest BCUT2D eigenvalue weighted by atomic mass is 32.2. The monoisotopic (exact) mass is 633 g/mol. The first-order valence-corrected chi connectivity index (χ1v) is 17.3. The number of ether oxygens (including phenoxy) is 1. The van der Waals surface area contributed by atoms with E-state index in [-0.39, 0.29) is 52.5 Å². The molecule has 7 atom stereocenters. The van der Waals surface area contributed by atoms with Crippen LogP contribution in [0.25, 0.3) is 10.2 Å². The largest absolute Gasteiger partial charge is 0.447 e. The topological polar surface area (TPSA) is 93.6 Å². The van der Waals surface area contributed by atoms with Gasteiger partial charge in [-0.15, -0.1) is 11.3 Å². The number of aromatic nitrogens is 1. The molecule has 9 heteroatoms. The second-order valence-electron chi connectivity index (χ2n) is 13.5. The van der Waals surface area contributed by atoms with Gasteiger partial charge in [0.05, 0.1) is 27.6 Å². The maximum atomic E-state index is 14.8. The Morgan fingerprint density at radius 1 is 1.09 bits per heavy atom. The van der Waals surface area contributed by atoms with E-state index in [0.29, 0.717) is 25.7 Å². The number of fused-ring (bicyclic) bond motifs is 6. The second kappa shape index (κ2) is 10.9. The molecule has 3 aromatic rings. The minimum absolute atomic E-state index is 0.0247. The molecule has 1 aromatic heterocycles. The summed E-state index contributed by atoms with van der Waals surface area (Å²) in [5, 5.41) is 11.9. The number of carbonyl (C=O) groups excluding carboxylic acids is 3. The van der Waals surface area contributed by atoms with Gasteiger partial charge in [0.25, 0.3) is 0 Å². The zero-order chi connectivity index (χ0) is 30.9. The number of halogens is 1. The van der Waals surface area contributed by atoms with Crippen LogP contribution in [0.2, 0.25) is 0 Å². The molecule has 1 heterocycles. The summed E-state index contributed by atoms with van der Waals surface area (Å²) in [4.78, 5) is 45.1. The van der Waals surface area contributed by atoms with Gasteiger partial charge in [0, 0.05) is 11.8 Å². The molecule has 0 radical (unpaired) electrons. The van der Waals surface area contributed by atoms with Crippen molar-refractivity contribution in [1.82, 2.24) is 4.98 Å². The summed E-state index contributed by atoms with van der Waals surface area (Å²) in [7, 11) is 0. The quantitative estimate of drug-likeness (QED) is 0.227. The third kappa shape index (κ3) is 4.52. The Kier molecular flexibility index (Phi) is 7.37. The SMILES string of the molecule is CC12CCC(=O)C=C1CCC1C2[C@@H](O)CC2(C)C1CC[C@]2(OC(=O)c1ccccc1F)C(=O)CSc1nc2ccccc2s1. The van der Waals surface area contributed by atoms with Crippen LogP contribution >= 0.6 is 23.1 Å². The number of carbonyl (C=O) groups is 3. The molecule has 2 aromatic carbocycles. The normalized spacial score (nSPS) is 34.5. The van der Waals surface area contributed by atoms with Gasteiger partial charge in [-0.2, -0.15) is 0 Å². The zero-order valence-corrected chi connectivity index (χ0v) is 26.5. The number of nitrogens with zero attached hydrogens (tertiary/aromatic N) is 1. The molecule has 7 rings (SSSR count). The molecule has 3 fully saturated rings. The molecule has 0 bridgehead atoms. The number of aliphatic hydroxyl groups excluding tert-OH is 1. The van der Waals surface area contributed by atoms with Crippen LogP contribution in [-0.2, 0) is 14.3 Å². The van der Waals surface area contributed by atoms with Crippen molar-refractivity contribution in [2.45, 2.75) is 74.8 Å². The molecule has 1 N–H and O–H groups in total. The van der Waals surface area contributed by atoms with Crippen LogP contribution in [0.3, 0.4) is 0 Å². The first kappa shape index (κ1) is 29.8. The van der Waals surface area contributed by atoms with Gasteiger partial charge in [-0.3, -0.25) is 9.59 Å². The number of thioether (sulfide) groups is 1. The maximum Gasteiger partial charge on any atom is 0.342 e. The van der Waals surface area contributed by atoms with Crippen LogP contribution in [0, 0.1) is 34.4 Å². The minimum atomic E-state index is -1.52. The molecule has 44 heavy (non-hydrogen) atoms. The highest BCUT2D eigenvalue weighted by molar-refractivity contribution is 8.01. The number of aliphatic hydroxyl groups is 1. The predicted molar refractivity (Wildman–Crippen MR) is 168 cm³/mol. The molecule has 3 saturated carbocycles. The first-order valence-electron chi connectivity index (χ1n) is 15.5. The van der Waals surface area contributed by atoms with Gasteiger partial charge in [0.1, 0.15) is 5.82 Å². The number of hydrogen-bond donors (Lipinski definition) is 1. The Balaban J connectivity index is 1.24. The lowest BCUT2D eigenvalue weighted by Crippen LogP contribution is -2.63. The van der Waals surface area contributed by atoms with Crippen LogP contribution in [-0.4, -0.2) is 45.1 Å². The maximum absolute atomic E-state index is 14.8. The van der Waals surface area contributed by atoms with E-state index in [9.17, 15) is 23.9 Å². The summed E-state index contributed by atoms with van der Waals surface area (Å²) >= 11 is 2.85. The third-order valence-corrected chi connectivity index (χ3v) is 13.6. The summed E-state index contributed by atoms with van der Waals surface area (Å²) < 4.78 is 22.9. The predicted octanol–water partition coefficient (Wildman–Crippen LogP) is 7.20. The van der Waals surface area contributed by atoms with Gasteiger partial charge < -0.3 is 9.84 Å². The number of para-hydroxylation sites is 1. The first-order chi connectivity index (χ1) is 21.1. The Bertz CT molecular complexity index is 1670. The Morgan fingerprint density at radius 3 is 2.66 bits per heavy atom. The summed E-state index contributed by atoms with van der Waals surface area (Å²) in [6.07, 6.45) is 5.12. The number of ketones is 2. The average Bonchev–Trinajstić information content (AvgIpc) is 3.54. The van der Waals surface area contributed by atoms with E-state index in [1.54, 1.807) is 12.1 Å². The summed E-state index contributed by atoms with van der Waals surface area (Å²) in [6.45, 7) is 4.19. The summed E-state index contributed by atoms with van der Waals surface area (Å²) in [5.74, 6) is -1.49. The standard InChI is InChI=1S/C35H36FNO5S2/c1-33-15-13-21(38)17-20(33)11-12-22-24-14-16-35(34(24,2)18-27(39)30(22)33,42-31(41)23-7-3-4-8-25(23)36)29(40)19-43-32-37-26-9-5-6-10-28(26)44-32/h3-10,17,22,24,27,30,39H,11-16,18-19H2,1-2H3/t22?,24?,27-,30?,33?,34?,35-/m0/s1. The molecule has 4 aliphatic carbocycles. The minimum Gasteiger partial charge on any atom is -0.447 e. The molecule has 5 unspecified atom stereocenters. The smallest absolute Gasteiger partial charge is 0.342 e. The van der Waals surface area contributed by atoms with E-state index < -0.39 is 28.9 Å². The lowest BCUT2D eigenvalue weighted by molar-refractivity contribution is -0.180. The molecule has 0 amide bonds. The van der Waals surface area contributed by atoms with E-state index in [2.05, 4.69) is 11.9 Å². The number of Topliss-reactive ketones (excluding diaryl/α,β-unsaturated/α-hetero) is 1. The van der Waals surface area contributed by atoms with Crippen LogP contribution in [0.4, 0.5) is 4.39 Å². The van der Waals surface area contributed by atoms with Gasteiger partial charge in [-0.25, -0.2) is 14.2 Å². The highest BCUT2D eigenvalue weighted by Crippen LogP contribution is 2.68. The Hall–Kier alpha value is -2.88. The second-order valence-corrected chi connectivity index (χ2v) is 15.7. The zero-order valence-electron chi connectivity index (χ0n) is 24.9. The third-order valence-electron chi connectivity index (χ3n) is 11.4. The molecule has 0 saturated heterocycles. The van der Waals surface area contributed by atoms with Crippen molar-refractivity contribution in [2.24, 2.45) is 28.6 Å². The van der Waals surface area contributed by atoms with Crippen molar-refractivity contribution in [1.29, 1.82) is 0 Å². The Labute approximate surface area is 264 Å². The average molecular weight is 634 g/mol. The molecule has 0 spiro atoms. The van der Waals surface area contributed by atoms with Crippen molar-refractivity contribution in [3.8, 4) is 0 Å². The Morgan fingerprint density at radius 2 is 1.86 bits per heavy atom. The van der Waals surface area contributed by atoms with E-state index >= 15 is 0 Å². The van der Waals surface area contributed by atoms with E-state index in [4.69, 9.17) is 4.74 Å². The van der Waals surface area contributed by atoms with E-state index in [0.717, 1.165) is 33.0 Å². The van der Waals surface area contributed by atoms with Gasteiger partial charge >= 0.3 is 5.97 Å². The summed E-state index contributed by atoms with van der Waals surface area (Å²) in [5.41, 5.74) is -0.846. The summed E-state index contributed by atoms with van der Waals surface area (Å²) in [6, 6.07) is 13.5. The van der Waals surface area contributed by atoms with Gasteiger partial charge in [0.15, 0.2) is 21.5 Å². The lowest BCUT2D eigenvalue weighted by atomic mass is 9.45.